The van der Waals surface area contributed by atoms with Gasteiger partial charge in [0.15, 0.2) is 6.29 Å². The fraction of sp³-hybridized carbons (Fsp3) is 0.912. The third kappa shape index (κ3) is 13.3. The van der Waals surface area contributed by atoms with Crippen LogP contribution in [-0.4, -0.2) is 288 Å². The van der Waals surface area contributed by atoms with Crippen molar-refractivity contribution in [1.82, 2.24) is 14.7 Å². The molecule has 4 heterocycles. The molecule has 0 bridgehead atoms. The highest BCUT2D eigenvalue weighted by Gasteiger charge is 2.53. The van der Waals surface area contributed by atoms with Crippen molar-refractivity contribution in [3.63, 3.8) is 0 Å². The number of hydrogen-bond donors (Lipinski definition) is 18. The number of carboxylic acid groups (broad SMARTS) is 3. The van der Waals surface area contributed by atoms with Crippen LogP contribution in [0.15, 0.2) is 0 Å². The van der Waals surface area contributed by atoms with Crippen LogP contribution in [0.5, 0.6) is 0 Å². The van der Waals surface area contributed by atoms with E-state index in [2.05, 4.69) is 0 Å². The molecule has 4 aliphatic heterocycles. The molecule has 7 unspecified atom stereocenters. The maximum atomic E-state index is 11.0. The minimum Gasteiger partial charge on any atom is -0.480 e. The Balaban J connectivity index is 0.000000323. The Morgan fingerprint density at radius 3 is 1.27 bits per heavy atom. The van der Waals surface area contributed by atoms with Crippen molar-refractivity contribution < 1.29 is 111 Å². The maximum absolute atomic E-state index is 11.0. The van der Waals surface area contributed by atoms with Gasteiger partial charge in [-0.2, -0.15) is 0 Å². The van der Waals surface area contributed by atoms with Gasteiger partial charge in [0, 0.05) is 12.1 Å². The van der Waals surface area contributed by atoms with E-state index in [1.54, 1.807) is 0 Å². The maximum Gasteiger partial charge on any atom is 0.317 e. The fourth-order valence-corrected chi connectivity index (χ4v) is 7.99. The third-order valence-electron chi connectivity index (χ3n) is 11.1. The van der Waals surface area contributed by atoms with Gasteiger partial charge in [0.1, 0.15) is 30.5 Å². The van der Waals surface area contributed by atoms with Gasteiger partial charge in [-0.05, 0) is 19.8 Å². The highest BCUT2D eigenvalue weighted by molar-refractivity contribution is 5.70. The van der Waals surface area contributed by atoms with Crippen LogP contribution in [0.3, 0.4) is 0 Å². The van der Waals surface area contributed by atoms with Gasteiger partial charge in [-0.1, -0.05) is 6.42 Å². The second-order valence-corrected chi connectivity index (χ2v) is 15.2. The van der Waals surface area contributed by atoms with E-state index in [1.165, 1.54) is 9.80 Å². The Morgan fingerprint density at radius 1 is 0.533 bits per heavy atom. The van der Waals surface area contributed by atoms with E-state index < -0.39 is 168 Å². The molecule has 0 aromatic rings. The number of carbonyl (C=O) groups is 3. The normalized spacial score (nSPS) is 39.1. The van der Waals surface area contributed by atoms with Crippen molar-refractivity contribution in [2.45, 2.75) is 136 Å². The summed E-state index contributed by atoms with van der Waals surface area (Å²) in [6.45, 7) is -2.67. The molecule has 26 nitrogen and oxygen atoms in total. The summed E-state index contributed by atoms with van der Waals surface area (Å²) in [5.74, 6) is -3.44. The molecular formula is C34H64N4O22. The van der Waals surface area contributed by atoms with E-state index in [0.717, 1.165) is 17.7 Å². The van der Waals surface area contributed by atoms with Crippen molar-refractivity contribution in [2.75, 3.05) is 59.3 Å². The van der Waals surface area contributed by atoms with Gasteiger partial charge in [0.25, 0.3) is 0 Å². The van der Waals surface area contributed by atoms with E-state index in [1.807, 2.05) is 6.92 Å². The van der Waals surface area contributed by atoms with E-state index in [4.69, 9.17) is 40.7 Å². The molecule has 0 aliphatic carbocycles. The lowest BCUT2D eigenvalue weighted by Gasteiger charge is -2.41. The van der Waals surface area contributed by atoms with Crippen LogP contribution in [0.25, 0.3) is 0 Å². The van der Waals surface area contributed by atoms with Gasteiger partial charge >= 0.3 is 17.9 Å². The SMILES string of the molecule is CC(N)CCC[C@@H]1[C@@H](O)[C@H](O)[C@@H](CO)N1CC(=O)O.O=C(O)CN1C(CO)[C@@H](O)[C@H](O)[C@H]1CO.O=C(O)CN1[C@H](CO)[C@@H](O)[C@H](OC2OC(CO)C(O)C(O)C2O)[C@H]1CO. The fourth-order valence-electron chi connectivity index (χ4n) is 7.99. The zero-order valence-electron chi connectivity index (χ0n) is 32.9. The number of aliphatic carboxylic acids is 3. The Bertz CT molecular complexity index is 1290. The zero-order valence-corrected chi connectivity index (χ0v) is 32.9. The van der Waals surface area contributed by atoms with Crippen LogP contribution >= 0.6 is 0 Å². The molecule has 18 atom stereocenters. The molecule has 26 heteroatoms. The third-order valence-corrected chi connectivity index (χ3v) is 11.1. The summed E-state index contributed by atoms with van der Waals surface area (Å²) in [7, 11) is 0. The molecule has 4 fully saturated rings. The summed E-state index contributed by atoms with van der Waals surface area (Å²) >= 11 is 0. The molecule has 352 valence electrons. The van der Waals surface area contributed by atoms with Gasteiger partial charge < -0.3 is 102 Å². The van der Waals surface area contributed by atoms with E-state index in [-0.39, 0.29) is 19.2 Å². The number of likely N-dealkylation sites (tertiary alicyclic amines) is 3. The molecule has 4 saturated heterocycles. The standard InChI is InChI=1S/C14H25NO11.C12H24N2O5.C8H15NO6/c16-2-5-9(21)13(6(3-17)15(5)1-8(19)20)26-14-12(24)11(23)10(22)7(4-18)25-14;1-7(13)3-2-4-8-11(18)12(19)9(6-15)14(8)5-10(16)17;10-2-4-7(14)8(15)5(3-11)9(4)1-6(12)13/h5-7,9-14,16-18,21-24H,1-4H2,(H,19,20);7-9,11-12,15,18-19H,2-6,13H2,1H3,(H,16,17);4-5,7-8,10-11,14-15H,1-3H2,(H,12,13)/t5-,6-,7?,9-,10?,11?,12?,13-,14?;7?,8-,9-,11-,12-;4-,5?,7-,8-/m111/s1. The number of hydrogen-bond acceptors (Lipinski definition) is 23. The number of aliphatic hydroxyl groups is 14. The minimum absolute atomic E-state index is 0.0463. The van der Waals surface area contributed by atoms with Gasteiger partial charge in [0.2, 0.25) is 0 Å². The number of ether oxygens (including phenoxy) is 2. The zero-order chi connectivity index (χ0) is 45.8. The molecule has 4 aliphatic rings. The van der Waals surface area contributed by atoms with E-state index in [9.17, 15) is 75.7 Å². The van der Waals surface area contributed by atoms with Crippen molar-refractivity contribution in [2.24, 2.45) is 5.73 Å². The molecule has 4 rings (SSSR count). The summed E-state index contributed by atoms with van der Waals surface area (Å²) < 4.78 is 10.7. The van der Waals surface area contributed by atoms with Gasteiger partial charge in [-0.15, -0.1) is 0 Å². The molecule has 0 aromatic carbocycles. The first-order valence-corrected chi connectivity index (χ1v) is 19.3. The van der Waals surface area contributed by atoms with Crippen LogP contribution in [0.2, 0.25) is 0 Å². The van der Waals surface area contributed by atoms with Crippen molar-refractivity contribution in [3.05, 3.63) is 0 Å². The Labute approximate surface area is 344 Å². The number of nitrogens with zero attached hydrogens (tertiary/aromatic N) is 3. The Kier molecular flexibility index (Phi) is 22.4. The second-order valence-electron chi connectivity index (χ2n) is 15.2. The summed E-state index contributed by atoms with van der Waals surface area (Å²) in [6.07, 6.45) is -13.1. The predicted molar refractivity (Wildman–Crippen MR) is 197 cm³/mol. The first-order chi connectivity index (χ1) is 28.2. The summed E-state index contributed by atoms with van der Waals surface area (Å²) in [6, 6.07) is -4.93. The monoisotopic (exact) mass is 880 g/mol. The second kappa shape index (κ2) is 25.0. The lowest BCUT2D eigenvalue weighted by Crippen LogP contribution is -2.60. The molecule has 19 N–H and O–H groups in total. The first-order valence-electron chi connectivity index (χ1n) is 19.3. The molecule has 0 radical (unpaired) electrons. The number of carboxylic acids is 3. The largest absolute Gasteiger partial charge is 0.480 e. The number of rotatable bonds is 18. The molecule has 0 amide bonds. The number of aliphatic hydroxyl groups excluding tert-OH is 14. The lowest BCUT2D eigenvalue weighted by molar-refractivity contribution is -0.317. The van der Waals surface area contributed by atoms with Crippen LogP contribution in [0.4, 0.5) is 0 Å². The summed E-state index contributed by atoms with van der Waals surface area (Å²) in [5, 5.41) is 161. The molecule has 0 spiro atoms. The number of nitrogens with two attached hydrogens (primary N) is 1. The Hall–Kier alpha value is -2.39. The average molecular weight is 881 g/mol. The topological polar surface area (TPSA) is 449 Å². The molecule has 60 heavy (non-hydrogen) atoms. The van der Waals surface area contributed by atoms with E-state index >= 15 is 0 Å². The summed E-state index contributed by atoms with van der Waals surface area (Å²) in [4.78, 5) is 36.2. The van der Waals surface area contributed by atoms with Gasteiger partial charge in [-0.3, -0.25) is 29.1 Å². The van der Waals surface area contributed by atoms with Crippen LogP contribution in [-0.2, 0) is 23.9 Å². The van der Waals surface area contributed by atoms with Gasteiger partial charge in [0.05, 0.1) is 120 Å². The molecule has 0 saturated carbocycles. The highest BCUT2D eigenvalue weighted by Crippen LogP contribution is 2.32. The van der Waals surface area contributed by atoms with Gasteiger partial charge in [-0.25, -0.2) is 0 Å². The van der Waals surface area contributed by atoms with Crippen LogP contribution < -0.4 is 5.73 Å². The first kappa shape index (κ1) is 53.7. The van der Waals surface area contributed by atoms with E-state index in [0.29, 0.717) is 6.42 Å². The van der Waals surface area contributed by atoms with Crippen molar-refractivity contribution in [1.29, 1.82) is 0 Å². The lowest BCUT2D eigenvalue weighted by atomic mass is 9.99. The quantitative estimate of drug-likeness (QED) is 0.0608. The Morgan fingerprint density at radius 2 is 0.900 bits per heavy atom. The van der Waals surface area contributed by atoms with Crippen LogP contribution in [0.1, 0.15) is 26.2 Å². The minimum atomic E-state index is -1.72. The smallest absolute Gasteiger partial charge is 0.317 e. The summed E-state index contributed by atoms with van der Waals surface area (Å²) in [5.41, 5.74) is 5.65. The van der Waals surface area contributed by atoms with Crippen molar-refractivity contribution >= 4 is 17.9 Å². The molecule has 0 aromatic heterocycles. The van der Waals surface area contributed by atoms with Crippen LogP contribution in [0, 0.1) is 0 Å². The van der Waals surface area contributed by atoms with Crippen molar-refractivity contribution in [3.8, 4) is 0 Å². The average Bonchev–Trinajstić information content (AvgIpc) is 3.66. The molecular weight excluding hydrogens is 816 g/mol. The highest BCUT2D eigenvalue weighted by atomic mass is 16.7. The predicted octanol–water partition coefficient (Wildman–Crippen LogP) is -10.2.